The molecule has 2 N–H and O–H groups in total. The highest BCUT2D eigenvalue weighted by atomic mass is 127. The molecule has 2 aromatic rings. The largest absolute Gasteiger partial charge is 0.493 e. The van der Waals surface area contributed by atoms with Crippen molar-refractivity contribution >= 4 is 34.5 Å². The summed E-state index contributed by atoms with van der Waals surface area (Å²) in [7, 11) is 0. The lowest BCUT2D eigenvalue weighted by Crippen LogP contribution is -2.42. The van der Waals surface area contributed by atoms with Crippen molar-refractivity contribution in [2.45, 2.75) is 25.3 Å². The van der Waals surface area contributed by atoms with Gasteiger partial charge in [-0.05, 0) is 65.3 Å². The number of hydrogen-bond acceptors (Lipinski definition) is 4. The first-order chi connectivity index (χ1) is 13.0. The lowest BCUT2D eigenvalue weighted by molar-refractivity contribution is -0.139. The fraction of sp³-hybridized carbons (Fsp3) is 0.300. The van der Waals surface area contributed by atoms with E-state index in [1.165, 1.54) is 0 Å². The molecule has 2 aliphatic heterocycles. The number of hydrogen-bond donors (Lipinski definition) is 2. The minimum atomic E-state index is -1.08. The van der Waals surface area contributed by atoms with Crippen LogP contribution >= 0.6 is 22.6 Å². The van der Waals surface area contributed by atoms with E-state index in [0.717, 1.165) is 27.7 Å². The van der Waals surface area contributed by atoms with Gasteiger partial charge in [-0.3, -0.25) is 4.79 Å². The van der Waals surface area contributed by atoms with E-state index in [2.05, 4.69) is 27.9 Å². The van der Waals surface area contributed by atoms with Crippen LogP contribution in [-0.2, 0) is 11.2 Å². The van der Waals surface area contributed by atoms with Crippen molar-refractivity contribution in [2.24, 2.45) is 0 Å². The van der Waals surface area contributed by atoms with Gasteiger partial charge in [-0.2, -0.15) is 0 Å². The standard InChI is InChI=1S/C20H20INO5/c21-15-11-13-7-8-18(15)27-10-4-3-9-26-17-6-2-1-5-14(17)19(23)22-16(12-13)20(24)25/h1-2,5-8,11,16H,3-4,9-10,12H2,(H,22,23)(H,24,25)/t16-/m0/s1. The molecule has 0 radical (unpaired) electrons. The highest BCUT2D eigenvalue weighted by Crippen LogP contribution is 2.24. The van der Waals surface area contributed by atoms with Crippen LogP contribution in [0.15, 0.2) is 42.5 Å². The van der Waals surface area contributed by atoms with E-state index in [0.29, 0.717) is 24.5 Å². The van der Waals surface area contributed by atoms with Gasteiger partial charge >= 0.3 is 5.97 Å². The molecular weight excluding hydrogens is 461 g/mol. The van der Waals surface area contributed by atoms with Gasteiger partial charge in [-0.1, -0.05) is 18.2 Å². The monoisotopic (exact) mass is 481 g/mol. The van der Waals surface area contributed by atoms with Crippen LogP contribution in [0.4, 0.5) is 0 Å². The van der Waals surface area contributed by atoms with Crippen LogP contribution in [0.2, 0.25) is 0 Å². The van der Waals surface area contributed by atoms with Crippen molar-refractivity contribution in [1.29, 1.82) is 0 Å². The summed E-state index contributed by atoms with van der Waals surface area (Å²) in [6, 6.07) is 11.4. The minimum Gasteiger partial charge on any atom is -0.493 e. The average Bonchev–Trinajstić information content (AvgIpc) is 2.64. The summed E-state index contributed by atoms with van der Waals surface area (Å²) >= 11 is 2.17. The Morgan fingerprint density at radius 3 is 2.48 bits per heavy atom. The molecule has 6 nitrogen and oxygen atoms in total. The normalized spacial score (nSPS) is 18.0. The van der Waals surface area contributed by atoms with Crippen LogP contribution in [0.3, 0.4) is 0 Å². The second kappa shape index (κ2) is 9.07. The summed E-state index contributed by atoms with van der Waals surface area (Å²) in [5.41, 5.74) is 1.15. The molecule has 0 saturated heterocycles. The summed E-state index contributed by atoms with van der Waals surface area (Å²) in [5, 5.41) is 12.2. The van der Waals surface area contributed by atoms with Gasteiger partial charge in [0, 0.05) is 6.42 Å². The molecule has 0 aromatic heterocycles. The molecular formula is C20H20INO5. The number of fused-ring (bicyclic) bond motifs is 10. The van der Waals surface area contributed by atoms with Crippen LogP contribution < -0.4 is 14.8 Å². The zero-order chi connectivity index (χ0) is 19.2. The van der Waals surface area contributed by atoms with Gasteiger partial charge < -0.3 is 19.9 Å². The fourth-order valence-corrected chi connectivity index (χ4v) is 3.54. The molecule has 1 amide bonds. The van der Waals surface area contributed by atoms with E-state index in [1.807, 2.05) is 18.2 Å². The van der Waals surface area contributed by atoms with Crippen LogP contribution in [0.5, 0.6) is 11.5 Å². The topological polar surface area (TPSA) is 84.9 Å². The Balaban J connectivity index is 1.90. The Bertz CT molecular complexity index is 839. The number of amides is 1. The van der Waals surface area contributed by atoms with Crippen LogP contribution in [0.25, 0.3) is 0 Å². The Morgan fingerprint density at radius 1 is 1.07 bits per heavy atom. The van der Waals surface area contributed by atoms with Crippen LogP contribution in [-0.4, -0.2) is 36.2 Å². The Labute approximate surface area is 171 Å². The number of halogens is 1. The summed E-state index contributed by atoms with van der Waals surface area (Å²) in [6.45, 7) is 1.02. The van der Waals surface area contributed by atoms with Crippen molar-refractivity contribution in [3.63, 3.8) is 0 Å². The van der Waals surface area contributed by atoms with Crippen molar-refractivity contribution in [2.75, 3.05) is 13.2 Å². The molecule has 0 aliphatic carbocycles. The quantitative estimate of drug-likeness (QED) is 0.611. The zero-order valence-electron chi connectivity index (χ0n) is 14.6. The summed E-state index contributed by atoms with van der Waals surface area (Å²) < 4.78 is 12.4. The van der Waals surface area contributed by atoms with Gasteiger partial charge in [-0.15, -0.1) is 0 Å². The molecule has 4 rings (SSSR count). The number of carbonyl (C=O) groups excluding carboxylic acids is 1. The van der Waals surface area contributed by atoms with E-state index in [1.54, 1.807) is 24.3 Å². The summed E-state index contributed by atoms with van der Waals surface area (Å²) in [6.07, 6.45) is 1.79. The maximum atomic E-state index is 12.7. The van der Waals surface area contributed by atoms with Gasteiger partial charge in [-0.25, -0.2) is 4.79 Å². The summed E-state index contributed by atoms with van der Waals surface area (Å²) in [4.78, 5) is 24.3. The molecule has 2 bridgehead atoms. The molecule has 2 heterocycles. The maximum Gasteiger partial charge on any atom is 0.326 e. The molecule has 2 aromatic carbocycles. The van der Waals surface area contributed by atoms with Gasteiger partial charge in [0.1, 0.15) is 17.5 Å². The first-order valence-corrected chi connectivity index (χ1v) is 9.79. The van der Waals surface area contributed by atoms with E-state index in [4.69, 9.17) is 9.47 Å². The average molecular weight is 481 g/mol. The van der Waals surface area contributed by atoms with Gasteiger partial charge in [0.15, 0.2) is 0 Å². The predicted molar refractivity (Wildman–Crippen MR) is 108 cm³/mol. The Morgan fingerprint density at radius 2 is 1.78 bits per heavy atom. The lowest BCUT2D eigenvalue weighted by Gasteiger charge is -2.18. The highest BCUT2D eigenvalue weighted by molar-refractivity contribution is 14.1. The van der Waals surface area contributed by atoms with Crippen molar-refractivity contribution < 1.29 is 24.2 Å². The first kappa shape index (κ1) is 19.5. The molecule has 1 atom stereocenters. The number of rotatable bonds is 1. The van der Waals surface area contributed by atoms with Crippen LogP contribution in [0.1, 0.15) is 28.8 Å². The SMILES string of the molecule is O=C1N[C@H](C(=O)O)Cc2ccc(c(I)c2)OCCCCOc2ccccc21. The van der Waals surface area contributed by atoms with Crippen LogP contribution in [0, 0.1) is 3.57 Å². The maximum absolute atomic E-state index is 12.7. The van der Waals surface area contributed by atoms with E-state index < -0.39 is 17.9 Å². The van der Waals surface area contributed by atoms with Gasteiger partial charge in [0.25, 0.3) is 5.91 Å². The molecule has 27 heavy (non-hydrogen) atoms. The Kier molecular flexibility index (Phi) is 6.54. The summed E-state index contributed by atoms with van der Waals surface area (Å²) in [5.74, 6) is -0.323. The zero-order valence-corrected chi connectivity index (χ0v) is 16.8. The molecule has 0 spiro atoms. The third-order valence-electron chi connectivity index (χ3n) is 4.23. The molecule has 0 saturated carbocycles. The Hall–Kier alpha value is -2.29. The second-order valence-electron chi connectivity index (χ2n) is 6.23. The number of benzene rings is 2. The third-order valence-corrected chi connectivity index (χ3v) is 5.07. The molecule has 0 fully saturated rings. The second-order valence-corrected chi connectivity index (χ2v) is 7.40. The van der Waals surface area contributed by atoms with Gasteiger partial charge in [0.2, 0.25) is 0 Å². The van der Waals surface area contributed by atoms with Crippen molar-refractivity contribution in [1.82, 2.24) is 5.32 Å². The van der Waals surface area contributed by atoms with Gasteiger partial charge in [0.05, 0.1) is 22.3 Å². The fourth-order valence-electron chi connectivity index (χ4n) is 2.81. The molecule has 0 unspecified atom stereocenters. The van der Waals surface area contributed by atoms with Crippen molar-refractivity contribution in [3.8, 4) is 11.5 Å². The number of carboxylic acid groups (broad SMARTS) is 1. The molecule has 142 valence electrons. The number of carbonyl (C=O) groups is 2. The number of nitrogens with one attached hydrogen (secondary N) is 1. The molecule has 2 aliphatic rings. The predicted octanol–water partition coefficient (Wildman–Crippen LogP) is 3.27. The third kappa shape index (κ3) is 5.12. The number of carboxylic acids is 1. The smallest absolute Gasteiger partial charge is 0.326 e. The lowest BCUT2D eigenvalue weighted by atomic mass is 10.0. The first-order valence-electron chi connectivity index (χ1n) is 8.71. The highest BCUT2D eigenvalue weighted by Gasteiger charge is 2.23. The number of aliphatic carboxylic acids is 1. The van der Waals surface area contributed by atoms with E-state index in [-0.39, 0.29) is 6.42 Å². The van der Waals surface area contributed by atoms with Crippen molar-refractivity contribution in [3.05, 3.63) is 57.2 Å². The molecule has 7 heteroatoms. The minimum absolute atomic E-state index is 0.181. The number of para-hydroxylation sites is 1. The van der Waals surface area contributed by atoms with E-state index >= 15 is 0 Å². The number of ether oxygens (including phenoxy) is 2. The van der Waals surface area contributed by atoms with E-state index in [9.17, 15) is 14.7 Å².